The predicted molar refractivity (Wildman–Crippen MR) is 151 cm³/mol. The number of carbonyl (C=O) groups is 1. The summed E-state index contributed by atoms with van der Waals surface area (Å²) in [6.45, 7) is 0.254. The average Bonchev–Trinajstić information content (AvgIpc) is 2.92. The molecule has 0 aliphatic rings. The highest BCUT2D eigenvalue weighted by molar-refractivity contribution is 7.65. The van der Waals surface area contributed by atoms with Crippen LogP contribution in [0.25, 0.3) is 0 Å². The van der Waals surface area contributed by atoms with Crippen LogP contribution >= 0.6 is 15.4 Å². The molecule has 0 saturated heterocycles. The van der Waals surface area contributed by atoms with Crippen LogP contribution < -0.4 is 0 Å². The number of unbranched alkanes of at least 4 members (excludes halogenated alkanes) is 1. The Hall–Kier alpha value is -2.58. The minimum atomic E-state index is -3.08. The topological polar surface area (TPSA) is 69.7 Å². The van der Waals surface area contributed by atoms with Gasteiger partial charge in [-0.15, -0.1) is 0 Å². The minimum Gasteiger partial charge on any atom is -0.461 e. The fourth-order valence-electron chi connectivity index (χ4n) is 4.06. The lowest BCUT2D eigenvalue weighted by Crippen LogP contribution is -2.05. The molecule has 0 saturated carbocycles. The molecule has 0 spiro atoms. The van der Waals surface area contributed by atoms with Crippen LogP contribution in [0, 0.1) is 0 Å². The van der Waals surface area contributed by atoms with E-state index in [2.05, 4.69) is 12.1 Å². The molecule has 3 aromatic carbocycles. The molecule has 3 aromatic rings. The Bertz CT molecular complexity index is 1120. The van der Waals surface area contributed by atoms with E-state index in [1.165, 1.54) is 11.1 Å². The summed E-state index contributed by atoms with van der Waals surface area (Å²) >= 11 is 0. The van der Waals surface area contributed by atoms with E-state index < -0.39 is 15.4 Å². The normalized spacial score (nSPS) is 13.0. The molecule has 0 fully saturated rings. The van der Waals surface area contributed by atoms with Crippen LogP contribution in [0.2, 0.25) is 0 Å². The second-order valence-corrected chi connectivity index (χ2v) is 13.5. The van der Waals surface area contributed by atoms with Crippen molar-refractivity contribution in [2.45, 2.75) is 51.6 Å². The van der Waals surface area contributed by atoms with Gasteiger partial charge in [-0.3, -0.25) is 9.36 Å². The standard InChI is InChI=1S/C30H37O5P2/c31-30(34-26-29-18-8-3-9-19-29)22-10-11-24-37(33,25-13-21-28-16-6-2-7-17-28)35-36(32)23-12-20-27-14-4-1-5-15-27/h1-9,14-19H,10-13,20-26H2/q+1. The van der Waals surface area contributed by atoms with Gasteiger partial charge in [0, 0.05) is 18.7 Å². The number of hydrogen-bond donors (Lipinski definition) is 0. The summed E-state index contributed by atoms with van der Waals surface area (Å²) in [5.74, 6) is -0.268. The van der Waals surface area contributed by atoms with E-state index in [1.54, 1.807) is 0 Å². The van der Waals surface area contributed by atoms with E-state index in [4.69, 9.17) is 9.05 Å². The number of hydrogen-bond acceptors (Lipinski definition) is 5. The highest BCUT2D eigenvalue weighted by Gasteiger charge is 2.34. The van der Waals surface area contributed by atoms with Crippen molar-refractivity contribution < 1.29 is 23.0 Å². The number of esters is 1. The summed E-state index contributed by atoms with van der Waals surface area (Å²) < 4.78 is 37.5. The van der Waals surface area contributed by atoms with Crippen molar-refractivity contribution >= 4 is 21.4 Å². The molecule has 7 heteroatoms. The Morgan fingerprint density at radius 2 is 1.19 bits per heavy atom. The van der Waals surface area contributed by atoms with Gasteiger partial charge in [0.05, 0.1) is 0 Å². The highest BCUT2D eigenvalue weighted by Crippen LogP contribution is 2.56. The zero-order chi connectivity index (χ0) is 26.2. The van der Waals surface area contributed by atoms with Crippen molar-refractivity contribution in [1.29, 1.82) is 0 Å². The van der Waals surface area contributed by atoms with Crippen LogP contribution in [0.15, 0.2) is 91.0 Å². The third kappa shape index (κ3) is 12.0. The van der Waals surface area contributed by atoms with Gasteiger partial charge in [0.25, 0.3) is 7.37 Å². The van der Waals surface area contributed by atoms with E-state index in [0.29, 0.717) is 37.7 Å². The molecule has 2 atom stereocenters. The molecule has 0 heterocycles. The summed E-state index contributed by atoms with van der Waals surface area (Å²) in [4.78, 5) is 12.1. The molecule has 5 nitrogen and oxygen atoms in total. The predicted octanol–water partition coefficient (Wildman–Crippen LogP) is 8.20. The summed E-state index contributed by atoms with van der Waals surface area (Å²) in [6.07, 6.45) is 5.52. The van der Waals surface area contributed by atoms with Gasteiger partial charge in [0.1, 0.15) is 6.61 Å². The minimum absolute atomic E-state index is 0.254. The average molecular weight is 540 g/mol. The SMILES string of the molecule is O=C(CCCCP(=O)(CCCc1ccccc1)O[P+](=O)CCCc1ccccc1)OCc1ccccc1. The molecular formula is C30H37O5P2+. The van der Waals surface area contributed by atoms with E-state index in [9.17, 15) is 13.9 Å². The fraction of sp³-hybridized carbons (Fsp3) is 0.367. The number of rotatable bonds is 17. The van der Waals surface area contributed by atoms with Crippen molar-refractivity contribution in [3.8, 4) is 0 Å². The van der Waals surface area contributed by atoms with Crippen LogP contribution in [0.1, 0.15) is 48.8 Å². The first-order valence-corrected chi connectivity index (χ1v) is 16.4. The molecule has 0 radical (unpaired) electrons. The smallest absolute Gasteiger partial charge is 0.461 e. The molecule has 0 amide bonds. The Balaban J connectivity index is 1.44. The maximum Gasteiger partial charge on any atom is 0.514 e. The van der Waals surface area contributed by atoms with Crippen LogP contribution in [-0.2, 0) is 42.4 Å². The largest absolute Gasteiger partial charge is 0.514 e. The van der Waals surface area contributed by atoms with Crippen molar-refractivity contribution in [2.24, 2.45) is 0 Å². The number of ether oxygens (including phenoxy) is 1. The Morgan fingerprint density at radius 1 is 0.676 bits per heavy atom. The Kier molecular flexibility index (Phi) is 12.8. The molecule has 2 unspecified atom stereocenters. The van der Waals surface area contributed by atoms with Crippen molar-refractivity contribution in [2.75, 3.05) is 18.5 Å². The molecule has 196 valence electrons. The number of carbonyl (C=O) groups excluding carboxylic acids is 1. The molecular weight excluding hydrogens is 502 g/mol. The van der Waals surface area contributed by atoms with Crippen LogP contribution in [0.4, 0.5) is 0 Å². The molecule has 0 bridgehead atoms. The first kappa shape index (κ1) is 29.0. The quantitative estimate of drug-likeness (QED) is 0.0982. The lowest BCUT2D eigenvalue weighted by atomic mass is 10.1. The van der Waals surface area contributed by atoms with Gasteiger partial charge >= 0.3 is 14.0 Å². The van der Waals surface area contributed by atoms with Crippen molar-refractivity contribution in [3.05, 3.63) is 108 Å². The van der Waals surface area contributed by atoms with Gasteiger partial charge in [-0.25, -0.2) is 0 Å². The first-order valence-electron chi connectivity index (χ1n) is 13.0. The lowest BCUT2D eigenvalue weighted by molar-refractivity contribution is -0.145. The summed E-state index contributed by atoms with van der Waals surface area (Å²) in [5, 5.41) is 0. The summed E-state index contributed by atoms with van der Waals surface area (Å²) in [6, 6.07) is 29.7. The van der Waals surface area contributed by atoms with Crippen LogP contribution in [0.3, 0.4) is 0 Å². The van der Waals surface area contributed by atoms with E-state index in [-0.39, 0.29) is 19.0 Å². The Morgan fingerprint density at radius 3 is 1.78 bits per heavy atom. The first-order chi connectivity index (χ1) is 18.0. The zero-order valence-corrected chi connectivity index (χ0v) is 23.2. The number of benzene rings is 3. The van der Waals surface area contributed by atoms with Crippen LogP contribution in [0.5, 0.6) is 0 Å². The molecule has 37 heavy (non-hydrogen) atoms. The second-order valence-electron chi connectivity index (χ2n) is 9.18. The van der Waals surface area contributed by atoms with Crippen molar-refractivity contribution in [3.63, 3.8) is 0 Å². The third-order valence-corrected chi connectivity index (χ3v) is 10.7. The van der Waals surface area contributed by atoms with Gasteiger partial charge in [-0.05, 0) is 59.8 Å². The van der Waals surface area contributed by atoms with Gasteiger partial charge in [0.15, 0.2) is 6.16 Å². The maximum atomic E-state index is 13.7. The van der Waals surface area contributed by atoms with Gasteiger partial charge in [0.2, 0.25) is 0 Å². The van der Waals surface area contributed by atoms with E-state index in [0.717, 1.165) is 24.8 Å². The van der Waals surface area contributed by atoms with Gasteiger partial charge in [-0.2, -0.15) is 0 Å². The molecule has 0 aromatic heterocycles. The Labute approximate surface area is 221 Å². The monoisotopic (exact) mass is 539 g/mol. The zero-order valence-electron chi connectivity index (χ0n) is 21.4. The summed E-state index contributed by atoms with van der Waals surface area (Å²) in [5.41, 5.74) is 3.32. The van der Waals surface area contributed by atoms with Gasteiger partial charge < -0.3 is 4.74 Å². The summed E-state index contributed by atoms with van der Waals surface area (Å²) in [7, 11) is -5.09. The number of aryl methyl sites for hydroxylation is 2. The third-order valence-electron chi connectivity index (χ3n) is 6.07. The molecule has 0 aliphatic carbocycles. The van der Waals surface area contributed by atoms with E-state index >= 15 is 0 Å². The maximum absolute atomic E-state index is 13.7. The lowest BCUT2D eigenvalue weighted by Gasteiger charge is -2.13. The molecule has 3 rings (SSSR count). The second kappa shape index (κ2) is 16.3. The molecule has 0 N–H and O–H groups in total. The fourth-order valence-corrected chi connectivity index (χ4v) is 8.35. The van der Waals surface area contributed by atoms with Gasteiger partial charge in [-0.1, -0.05) is 95.3 Å². The van der Waals surface area contributed by atoms with E-state index in [1.807, 2.05) is 78.9 Å². The molecule has 0 aliphatic heterocycles. The van der Waals surface area contributed by atoms with Crippen molar-refractivity contribution in [1.82, 2.24) is 0 Å². The highest BCUT2D eigenvalue weighted by atomic mass is 31.2. The van der Waals surface area contributed by atoms with Crippen LogP contribution in [-0.4, -0.2) is 24.5 Å².